The van der Waals surface area contributed by atoms with E-state index in [0.717, 1.165) is 5.56 Å². The first-order valence-electron chi connectivity index (χ1n) is 10.2. The Morgan fingerprint density at radius 3 is 2.33 bits per heavy atom. The van der Waals surface area contributed by atoms with Gasteiger partial charge in [0.1, 0.15) is 23.1 Å². The zero-order chi connectivity index (χ0) is 23.7. The average Bonchev–Trinajstić information content (AvgIpc) is 3.09. The molecule has 3 aromatic carbocycles. The predicted octanol–water partition coefficient (Wildman–Crippen LogP) is 4.78. The topological polar surface area (TPSA) is 76.1 Å². The van der Waals surface area contributed by atoms with Crippen LogP contribution in [-0.2, 0) is 9.59 Å². The normalized spacial score (nSPS) is 17.3. The van der Waals surface area contributed by atoms with Crippen LogP contribution >= 0.6 is 0 Å². The zero-order valence-electron chi connectivity index (χ0n) is 18.3. The Hall–Kier alpha value is -4.13. The van der Waals surface area contributed by atoms with E-state index in [9.17, 15) is 19.1 Å². The molecule has 1 N–H and O–H groups in total. The van der Waals surface area contributed by atoms with Crippen molar-refractivity contribution in [2.45, 2.75) is 13.0 Å². The first-order chi connectivity index (χ1) is 15.8. The van der Waals surface area contributed by atoms with Crippen LogP contribution in [0.1, 0.15) is 22.7 Å². The van der Waals surface area contributed by atoms with E-state index < -0.39 is 29.3 Å². The molecule has 0 spiro atoms. The highest BCUT2D eigenvalue weighted by atomic mass is 19.1. The number of rotatable bonds is 5. The lowest BCUT2D eigenvalue weighted by molar-refractivity contribution is -0.132. The van der Waals surface area contributed by atoms with Gasteiger partial charge >= 0.3 is 0 Å². The van der Waals surface area contributed by atoms with Crippen LogP contribution in [0.3, 0.4) is 0 Å². The maximum atomic E-state index is 13.7. The number of carbonyl (C=O) groups excluding carboxylic acids is 2. The number of aliphatic hydroxyl groups is 1. The molecule has 1 aliphatic heterocycles. The second-order valence-electron chi connectivity index (χ2n) is 7.63. The van der Waals surface area contributed by atoms with Crippen LogP contribution in [0.5, 0.6) is 11.5 Å². The highest BCUT2D eigenvalue weighted by Crippen LogP contribution is 2.43. The molecule has 0 aliphatic carbocycles. The Balaban J connectivity index is 1.99. The Morgan fingerprint density at radius 2 is 1.70 bits per heavy atom. The predicted molar refractivity (Wildman–Crippen MR) is 122 cm³/mol. The number of nitrogens with zero attached hydrogens (tertiary/aromatic N) is 1. The molecule has 4 rings (SSSR count). The molecule has 7 heteroatoms. The highest BCUT2D eigenvalue weighted by molar-refractivity contribution is 6.51. The van der Waals surface area contributed by atoms with Gasteiger partial charge < -0.3 is 14.6 Å². The third-order valence-corrected chi connectivity index (χ3v) is 5.57. The number of hydrogen-bond acceptors (Lipinski definition) is 5. The minimum Gasteiger partial charge on any atom is -0.507 e. The van der Waals surface area contributed by atoms with Crippen molar-refractivity contribution in [3.63, 3.8) is 0 Å². The van der Waals surface area contributed by atoms with E-state index in [0.29, 0.717) is 22.7 Å². The van der Waals surface area contributed by atoms with Crippen molar-refractivity contribution in [2.75, 3.05) is 19.1 Å². The summed E-state index contributed by atoms with van der Waals surface area (Å²) in [5.41, 5.74) is 1.93. The first-order valence-corrected chi connectivity index (χ1v) is 10.2. The minimum absolute atomic E-state index is 0.125. The van der Waals surface area contributed by atoms with Gasteiger partial charge in [0.15, 0.2) is 0 Å². The summed E-state index contributed by atoms with van der Waals surface area (Å²) >= 11 is 0. The summed E-state index contributed by atoms with van der Waals surface area (Å²) in [7, 11) is 2.90. The molecule has 0 saturated carbocycles. The van der Waals surface area contributed by atoms with Gasteiger partial charge in [-0.25, -0.2) is 4.39 Å². The number of carbonyl (C=O) groups is 2. The fraction of sp³-hybridized carbons (Fsp3) is 0.154. The lowest BCUT2D eigenvalue weighted by atomic mass is 9.94. The van der Waals surface area contributed by atoms with E-state index in [4.69, 9.17) is 9.47 Å². The molecule has 1 fully saturated rings. The molecule has 0 bridgehead atoms. The summed E-state index contributed by atoms with van der Waals surface area (Å²) in [4.78, 5) is 27.8. The number of Topliss-reactive ketones (excluding diaryl/α,β-unsaturated/α-hetero) is 1. The number of halogens is 1. The molecular formula is C26H22FNO5. The molecule has 1 saturated heterocycles. The van der Waals surface area contributed by atoms with Crippen LogP contribution in [0.15, 0.2) is 72.3 Å². The maximum absolute atomic E-state index is 13.7. The van der Waals surface area contributed by atoms with Crippen molar-refractivity contribution in [1.29, 1.82) is 0 Å². The number of anilines is 1. The Morgan fingerprint density at radius 1 is 0.970 bits per heavy atom. The fourth-order valence-electron chi connectivity index (χ4n) is 3.98. The van der Waals surface area contributed by atoms with Crippen LogP contribution in [0.25, 0.3) is 5.76 Å². The number of amides is 1. The van der Waals surface area contributed by atoms with Gasteiger partial charge in [0.25, 0.3) is 11.7 Å². The number of hydrogen-bond donors (Lipinski definition) is 1. The van der Waals surface area contributed by atoms with Crippen molar-refractivity contribution in [2.24, 2.45) is 0 Å². The summed E-state index contributed by atoms with van der Waals surface area (Å²) in [5, 5.41) is 11.3. The van der Waals surface area contributed by atoms with E-state index in [1.165, 1.54) is 49.5 Å². The number of benzene rings is 3. The van der Waals surface area contributed by atoms with Crippen molar-refractivity contribution >= 4 is 23.1 Å². The van der Waals surface area contributed by atoms with Crippen molar-refractivity contribution in [3.8, 4) is 11.5 Å². The van der Waals surface area contributed by atoms with Gasteiger partial charge in [0.05, 0.1) is 31.4 Å². The summed E-state index contributed by atoms with van der Waals surface area (Å²) in [6.07, 6.45) is 0. The number of aliphatic hydroxyl groups excluding tert-OH is 1. The third kappa shape index (κ3) is 3.93. The van der Waals surface area contributed by atoms with Gasteiger partial charge in [-0.1, -0.05) is 24.3 Å². The molecular weight excluding hydrogens is 425 g/mol. The minimum atomic E-state index is -0.969. The number of ketones is 1. The number of methoxy groups -OCH3 is 2. The summed E-state index contributed by atoms with van der Waals surface area (Å²) in [6.45, 7) is 1.87. The summed E-state index contributed by atoms with van der Waals surface area (Å²) in [6, 6.07) is 16.4. The van der Waals surface area contributed by atoms with Crippen LogP contribution in [0, 0.1) is 12.7 Å². The van der Waals surface area contributed by atoms with E-state index in [2.05, 4.69) is 0 Å². The molecule has 1 aliphatic rings. The molecule has 168 valence electrons. The number of ether oxygens (including phenoxy) is 2. The molecule has 0 radical (unpaired) electrons. The third-order valence-electron chi connectivity index (χ3n) is 5.57. The lowest BCUT2D eigenvalue weighted by Crippen LogP contribution is -2.29. The van der Waals surface area contributed by atoms with Crippen LogP contribution in [-0.4, -0.2) is 31.0 Å². The van der Waals surface area contributed by atoms with E-state index in [1.807, 2.05) is 13.0 Å². The standard InChI is InChI=1S/C26H22FNO5/c1-15-5-4-6-18(13-15)28-23(16-7-9-17(27)10-8-16)22(25(30)26(28)31)24(29)20-14-19(32-2)11-12-21(20)33-3/h4-14,23,29H,1-3H3/b24-22+. The second kappa shape index (κ2) is 8.78. The van der Waals surface area contributed by atoms with Crippen LogP contribution in [0.2, 0.25) is 0 Å². The molecule has 1 unspecified atom stereocenters. The summed E-state index contributed by atoms with van der Waals surface area (Å²) < 4.78 is 24.3. The van der Waals surface area contributed by atoms with E-state index >= 15 is 0 Å². The first kappa shape index (κ1) is 22.1. The van der Waals surface area contributed by atoms with E-state index in [1.54, 1.807) is 30.3 Å². The molecule has 0 aromatic heterocycles. The van der Waals surface area contributed by atoms with Gasteiger partial charge in [-0.3, -0.25) is 14.5 Å². The highest BCUT2D eigenvalue weighted by Gasteiger charge is 2.47. The van der Waals surface area contributed by atoms with E-state index in [-0.39, 0.29) is 11.1 Å². The largest absolute Gasteiger partial charge is 0.507 e. The zero-order valence-corrected chi connectivity index (χ0v) is 18.3. The quantitative estimate of drug-likeness (QED) is 0.346. The average molecular weight is 447 g/mol. The molecule has 1 heterocycles. The SMILES string of the molecule is COc1ccc(OC)c(/C(O)=C2\C(=O)C(=O)N(c3cccc(C)c3)C2c2ccc(F)cc2)c1. The Bertz CT molecular complexity index is 1270. The van der Waals surface area contributed by atoms with Gasteiger partial charge in [-0.2, -0.15) is 0 Å². The molecule has 1 atom stereocenters. The number of aryl methyl sites for hydroxylation is 1. The van der Waals surface area contributed by atoms with Crippen molar-refractivity contribution in [1.82, 2.24) is 0 Å². The molecule has 33 heavy (non-hydrogen) atoms. The second-order valence-corrected chi connectivity index (χ2v) is 7.63. The smallest absolute Gasteiger partial charge is 0.300 e. The monoisotopic (exact) mass is 447 g/mol. The van der Waals surface area contributed by atoms with Crippen LogP contribution < -0.4 is 14.4 Å². The fourth-order valence-corrected chi connectivity index (χ4v) is 3.98. The Kier molecular flexibility index (Phi) is 5.87. The molecule has 6 nitrogen and oxygen atoms in total. The summed E-state index contributed by atoms with van der Waals surface area (Å²) in [5.74, 6) is -1.78. The van der Waals surface area contributed by atoms with Crippen molar-refractivity contribution in [3.05, 3.63) is 94.8 Å². The molecule has 3 aromatic rings. The Labute approximate surface area is 190 Å². The van der Waals surface area contributed by atoms with Gasteiger partial charge in [0, 0.05) is 5.69 Å². The molecule has 1 amide bonds. The maximum Gasteiger partial charge on any atom is 0.300 e. The lowest BCUT2D eigenvalue weighted by Gasteiger charge is -2.26. The van der Waals surface area contributed by atoms with Gasteiger partial charge in [0.2, 0.25) is 0 Å². The van der Waals surface area contributed by atoms with Gasteiger partial charge in [-0.15, -0.1) is 0 Å². The van der Waals surface area contributed by atoms with Gasteiger partial charge in [-0.05, 0) is 60.5 Å². The van der Waals surface area contributed by atoms with Crippen LogP contribution in [0.4, 0.5) is 10.1 Å². The van der Waals surface area contributed by atoms with Crippen molar-refractivity contribution < 1.29 is 28.6 Å².